The standard InChI is InChI=1S/C18H25N3O3/c1-13-10-15-16(20-24-17(15)11-14(13)2)12-18(22)19-4-3-5-21-6-8-23-9-7-21/h10-11H,3-9,12H2,1-2H3,(H,19,22). The summed E-state index contributed by atoms with van der Waals surface area (Å²) in [4.78, 5) is 14.5. The number of benzene rings is 1. The van der Waals surface area contributed by atoms with Crippen molar-refractivity contribution in [1.82, 2.24) is 15.4 Å². The van der Waals surface area contributed by atoms with E-state index in [1.807, 2.05) is 19.1 Å². The number of amides is 1. The van der Waals surface area contributed by atoms with Crippen LogP contribution in [-0.4, -0.2) is 55.4 Å². The molecule has 1 N–H and O–H groups in total. The van der Waals surface area contributed by atoms with Crippen LogP contribution in [0.15, 0.2) is 16.7 Å². The van der Waals surface area contributed by atoms with E-state index in [-0.39, 0.29) is 12.3 Å². The van der Waals surface area contributed by atoms with Crippen molar-refractivity contribution >= 4 is 16.9 Å². The largest absolute Gasteiger partial charge is 0.379 e. The summed E-state index contributed by atoms with van der Waals surface area (Å²) in [6.07, 6.45) is 1.21. The molecule has 0 atom stereocenters. The molecule has 1 aliphatic heterocycles. The van der Waals surface area contributed by atoms with Gasteiger partial charge in [0.1, 0.15) is 5.69 Å². The third-order valence-corrected chi connectivity index (χ3v) is 4.57. The molecule has 1 aliphatic rings. The number of carbonyl (C=O) groups excluding carboxylic acids is 1. The molecule has 0 unspecified atom stereocenters. The number of carbonyl (C=O) groups is 1. The lowest BCUT2D eigenvalue weighted by molar-refractivity contribution is -0.120. The molecule has 2 heterocycles. The lowest BCUT2D eigenvalue weighted by Gasteiger charge is -2.26. The highest BCUT2D eigenvalue weighted by molar-refractivity contribution is 5.87. The molecular weight excluding hydrogens is 306 g/mol. The maximum absolute atomic E-state index is 12.1. The Morgan fingerprint density at radius 2 is 2.00 bits per heavy atom. The molecule has 1 saturated heterocycles. The molecule has 6 heteroatoms. The van der Waals surface area contributed by atoms with Crippen molar-refractivity contribution in [2.45, 2.75) is 26.7 Å². The fourth-order valence-corrected chi connectivity index (χ4v) is 2.94. The van der Waals surface area contributed by atoms with Crippen molar-refractivity contribution < 1.29 is 14.1 Å². The highest BCUT2D eigenvalue weighted by atomic mass is 16.5. The smallest absolute Gasteiger partial charge is 0.226 e. The molecule has 0 aliphatic carbocycles. The number of aryl methyl sites for hydroxylation is 2. The minimum atomic E-state index is -0.00888. The Labute approximate surface area is 142 Å². The van der Waals surface area contributed by atoms with Crippen molar-refractivity contribution in [3.63, 3.8) is 0 Å². The van der Waals surface area contributed by atoms with E-state index in [0.29, 0.717) is 12.2 Å². The Hall–Kier alpha value is -1.92. The van der Waals surface area contributed by atoms with Gasteiger partial charge in [-0.15, -0.1) is 0 Å². The van der Waals surface area contributed by atoms with Gasteiger partial charge in [0.25, 0.3) is 0 Å². The van der Waals surface area contributed by atoms with Crippen LogP contribution in [0, 0.1) is 13.8 Å². The Kier molecular flexibility index (Phi) is 5.48. The summed E-state index contributed by atoms with van der Waals surface area (Å²) < 4.78 is 10.7. The maximum Gasteiger partial charge on any atom is 0.226 e. The van der Waals surface area contributed by atoms with Crippen molar-refractivity contribution in [1.29, 1.82) is 0 Å². The van der Waals surface area contributed by atoms with E-state index in [4.69, 9.17) is 9.26 Å². The van der Waals surface area contributed by atoms with Gasteiger partial charge in [0.2, 0.25) is 5.91 Å². The Morgan fingerprint density at radius 1 is 1.25 bits per heavy atom. The Morgan fingerprint density at radius 3 is 2.79 bits per heavy atom. The van der Waals surface area contributed by atoms with Crippen LogP contribution in [0.5, 0.6) is 0 Å². The number of nitrogens with one attached hydrogen (secondary N) is 1. The Balaban J connectivity index is 1.47. The molecular formula is C18H25N3O3. The van der Waals surface area contributed by atoms with Crippen molar-refractivity contribution in [3.8, 4) is 0 Å². The van der Waals surface area contributed by atoms with E-state index >= 15 is 0 Å². The van der Waals surface area contributed by atoms with E-state index in [2.05, 4.69) is 22.3 Å². The maximum atomic E-state index is 12.1. The SMILES string of the molecule is Cc1cc2onc(CC(=O)NCCCN3CCOCC3)c2cc1C. The van der Waals surface area contributed by atoms with Crippen LogP contribution >= 0.6 is 0 Å². The molecule has 0 bridgehead atoms. The van der Waals surface area contributed by atoms with E-state index in [1.54, 1.807) is 0 Å². The summed E-state index contributed by atoms with van der Waals surface area (Å²) >= 11 is 0. The number of ether oxygens (including phenoxy) is 1. The van der Waals surface area contributed by atoms with Crippen LogP contribution in [0.3, 0.4) is 0 Å². The van der Waals surface area contributed by atoms with Gasteiger partial charge >= 0.3 is 0 Å². The second kappa shape index (κ2) is 7.77. The van der Waals surface area contributed by atoms with Crippen LogP contribution in [0.25, 0.3) is 11.0 Å². The quantitative estimate of drug-likeness (QED) is 0.818. The Bertz CT molecular complexity index is 705. The number of fused-ring (bicyclic) bond motifs is 1. The second-order valence-corrected chi connectivity index (χ2v) is 6.40. The molecule has 0 radical (unpaired) electrons. The van der Waals surface area contributed by atoms with Gasteiger partial charge in [-0.1, -0.05) is 5.16 Å². The molecule has 1 amide bonds. The van der Waals surface area contributed by atoms with Gasteiger partial charge in [-0.05, 0) is 50.1 Å². The highest BCUT2D eigenvalue weighted by Crippen LogP contribution is 2.22. The monoisotopic (exact) mass is 331 g/mol. The number of morpholine rings is 1. The molecule has 24 heavy (non-hydrogen) atoms. The zero-order chi connectivity index (χ0) is 16.9. The van der Waals surface area contributed by atoms with Crippen molar-refractivity contribution in [3.05, 3.63) is 29.0 Å². The molecule has 0 saturated carbocycles. The summed E-state index contributed by atoms with van der Waals surface area (Å²) in [5, 5.41) is 7.97. The normalized spacial score (nSPS) is 15.8. The fraction of sp³-hybridized carbons (Fsp3) is 0.556. The van der Waals surface area contributed by atoms with E-state index in [1.165, 1.54) is 5.56 Å². The van der Waals surface area contributed by atoms with Crippen LogP contribution in [0.2, 0.25) is 0 Å². The van der Waals surface area contributed by atoms with Gasteiger partial charge < -0.3 is 14.6 Å². The number of aromatic nitrogens is 1. The first-order valence-corrected chi connectivity index (χ1v) is 8.56. The molecule has 2 aromatic rings. The van der Waals surface area contributed by atoms with Crippen molar-refractivity contribution in [2.75, 3.05) is 39.4 Å². The summed E-state index contributed by atoms with van der Waals surface area (Å²) in [5.41, 5.74) is 3.79. The number of hydrogen-bond donors (Lipinski definition) is 1. The van der Waals surface area contributed by atoms with Gasteiger partial charge in [0, 0.05) is 25.0 Å². The van der Waals surface area contributed by atoms with E-state index in [0.717, 1.165) is 55.8 Å². The molecule has 1 aromatic heterocycles. The zero-order valence-corrected chi connectivity index (χ0v) is 14.4. The second-order valence-electron chi connectivity index (χ2n) is 6.40. The minimum Gasteiger partial charge on any atom is -0.379 e. The van der Waals surface area contributed by atoms with Gasteiger partial charge in [-0.25, -0.2) is 0 Å². The van der Waals surface area contributed by atoms with Crippen LogP contribution in [0.4, 0.5) is 0 Å². The highest BCUT2D eigenvalue weighted by Gasteiger charge is 2.14. The van der Waals surface area contributed by atoms with E-state index in [9.17, 15) is 4.79 Å². The number of hydrogen-bond acceptors (Lipinski definition) is 5. The fourth-order valence-electron chi connectivity index (χ4n) is 2.94. The summed E-state index contributed by atoms with van der Waals surface area (Å²) in [6.45, 7) is 9.36. The van der Waals surface area contributed by atoms with Crippen LogP contribution < -0.4 is 5.32 Å². The summed E-state index contributed by atoms with van der Waals surface area (Å²) in [6, 6.07) is 4.02. The van der Waals surface area contributed by atoms with Crippen LogP contribution in [-0.2, 0) is 16.0 Å². The third kappa shape index (κ3) is 4.13. The molecule has 1 aromatic carbocycles. The lowest BCUT2D eigenvalue weighted by Crippen LogP contribution is -2.38. The molecule has 6 nitrogen and oxygen atoms in total. The average molecular weight is 331 g/mol. The van der Waals surface area contributed by atoms with Crippen molar-refractivity contribution in [2.24, 2.45) is 0 Å². The topological polar surface area (TPSA) is 67.6 Å². The first-order valence-electron chi connectivity index (χ1n) is 8.56. The average Bonchev–Trinajstić information content (AvgIpc) is 2.95. The minimum absolute atomic E-state index is 0.00888. The van der Waals surface area contributed by atoms with Gasteiger partial charge in [0.05, 0.1) is 19.6 Å². The summed E-state index contributed by atoms with van der Waals surface area (Å²) in [5.74, 6) is -0.00888. The first-order chi connectivity index (χ1) is 11.6. The predicted molar refractivity (Wildman–Crippen MR) is 92.1 cm³/mol. The van der Waals surface area contributed by atoms with Gasteiger partial charge in [-0.3, -0.25) is 9.69 Å². The van der Waals surface area contributed by atoms with Crippen LogP contribution in [0.1, 0.15) is 23.2 Å². The molecule has 1 fully saturated rings. The summed E-state index contributed by atoms with van der Waals surface area (Å²) in [7, 11) is 0. The zero-order valence-electron chi connectivity index (χ0n) is 14.4. The first kappa shape index (κ1) is 16.9. The molecule has 0 spiro atoms. The molecule has 130 valence electrons. The molecule has 3 rings (SSSR count). The third-order valence-electron chi connectivity index (χ3n) is 4.57. The predicted octanol–water partition coefficient (Wildman–Crippen LogP) is 1.83. The lowest BCUT2D eigenvalue weighted by atomic mass is 10.1. The van der Waals surface area contributed by atoms with E-state index < -0.39 is 0 Å². The number of rotatable bonds is 6. The van der Waals surface area contributed by atoms with Gasteiger partial charge in [0.15, 0.2) is 5.58 Å². The van der Waals surface area contributed by atoms with Gasteiger partial charge in [-0.2, -0.15) is 0 Å². The number of nitrogens with zero attached hydrogens (tertiary/aromatic N) is 2.